The van der Waals surface area contributed by atoms with E-state index in [0.717, 1.165) is 17.3 Å². The minimum absolute atomic E-state index is 0.684. The summed E-state index contributed by atoms with van der Waals surface area (Å²) in [7, 11) is 1.85. The van der Waals surface area contributed by atoms with E-state index in [4.69, 9.17) is 0 Å². The van der Waals surface area contributed by atoms with E-state index in [9.17, 15) is 0 Å². The Balaban J connectivity index is 1.98. The van der Waals surface area contributed by atoms with Crippen LogP contribution in [-0.4, -0.2) is 17.0 Å². The van der Waals surface area contributed by atoms with Gasteiger partial charge in [-0.05, 0) is 43.4 Å². The number of nitrogens with zero attached hydrogens (tertiary/aromatic N) is 2. The lowest BCUT2D eigenvalue weighted by atomic mass is 9.79. The van der Waals surface area contributed by atoms with Gasteiger partial charge in [0.1, 0.15) is 0 Å². The summed E-state index contributed by atoms with van der Waals surface area (Å²) in [5.74, 6) is 1.44. The van der Waals surface area contributed by atoms with Gasteiger partial charge in [-0.1, -0.05) is 24.6 Å². The van der Waals surface area contributed by atoms with Crippen molar-refractivity contribution >= 4 is 5.95 Å². The summed E-state index contributed by atoms with van der Waals surface area (Å²) in [5.41, 5.74) is 4.62. The van der Waals surface area contributed by atoms with Crippen molar-refractivity contribution in [2.45, 2.75) is 32.1 Å². The molecule has 1 aliphatic carbocycles. The molecule has 0 spiro atoms. The van der Waals surface area contributed by atoms with Crippen LogP contribution in [0.3, 0.4) is 0 Å². The van der Waals surface area contributed by atoms with E-state index in [2.05, 4.69) is 39.6 Å². The van der Waals surface area contributed by atoms with E-state index in [1.807, 2.05) is 20.0 Å². The quantitative estimate of drug-likeness (QED) is 0.905. The summed E-state index contributed by atoms with van der Waals surface area (Å²) in [6, 6.07) is 10.8. The summed E-state index contributed by atoms with van der Waals surface area (Å²) in [4.78, 5) is 8.88. The Morgan fingerprint density at radius 3 is 2.68 bits per heavy atom. The van der Waals surface area contributed by atoms with Gasteiger partial charge in [0.25, 0.3) is 0 Å². The predicted octanol–water partition coefficient (Wildman–Crippen LogP) is 3.76. The van der Waals surface area contributed by atoms with Crippen LogP contribution in [-0.2, 0) is 0 Å². The van der Waals surface area contributed by atoms with Crippen molar-refractivity contribution in [1.82, 2.24) is 9.97 Å². The predicted molar refractivity (Wildman–Crippen MR) is 78.3 cm³/mol. The molecule has 19 heavy (non-hydrogen) atoms. The van der Waals surface area contributed by atoms with Gasteiger partial charge < -0.3 is 5.32 Å². The number of benzene rings is 1. The van der Waals surface area contributed by atoms with Crippen molar-refractivity contribution < 1.29 is 0 Å². The molecule has 2 aromatic rings. The molecule has 0 aliphatic heterocycles. The molecule has 1 fully saturated rings. The zero-order valence-corrected chi connectivity index (χ0v) is 11.5. The van der Waals surface area contributed by atoms with Crippen LogP contribution in [0.2, 0.25) is 0 Å². The Morgan fingerprint density at radius 2 is 2.00 bits per heavy atom. The smallest absolute Gasteiger partial charge is 0.223 e. The molecule has 1 aromatic carbocycles. The van der Waals surface area contributed by atoms with Crippen LogP contribution >= 0.6 is 0 Å². The van der Waals surface area contributed by atoms with Crippen molar-refractivity contribution in [2.75, 3.05) is 12.4 Å². The first kappa shape index (κ1) is 12.2. The Kier molecular flexibility index (Phi) is 3.20. The molecule has 0 radical (unpaired) electrons. The number of rotatable bonds is 3. The Morgan fingerprint density at radius 1 is 1.16 bits per heavy atom. The van der Waals surface area contributed by atoms with Gasteiger partial charge in [-0.2, -0.15) is 0 Å². The van der Waals surface area contributed by atoms with Gasteiger partial charge in [0, 0.05) is 18.3 Å². The number of aromatic nitrogens is 2. The van der Waals surface area contributed by atoms with E-state index in [-0.39, 0.29) is 0 Å². The largest absolute Gasteiger partial charge is 0.357 e. The van der Waals surface area contributed by atoms with Crippen molar-refractivity contribution in [2.24, 2.45) is 0 Å². The van der Waals surface area contributed by atoms with Gasteiger partial charge in [0.15, 0.2) is 0 Å². The van der Waals surface area contributed by atoms with Crippen LogP contribution in [0.1, 0.15) is 36.4 Å². The second kappa shape index (κ2) is 5.00. The molecule has 0 atom stereocenters. The maximum atomic E-state index is 4.54. The summed E-state index contributed by atoms with van der Waals surface area (Å²) in [6.45, 7) is 2.00. The summed E-state index contributed by atoms with van der Waals surface area (Å²) in [5, 5.41) is 3.02. The normalized spacial score (nSPS) is 15.1. The highest BCUT2D eigenvalue weighted by atomic mass is 15.1. The average molecular weight is 253 g/mol. The fourth-order valence-electron chi connectivity index (χ4n) is 2.52. The summed E-state index contributed by atoms with van der Waals surface area (Å²) >= 11 is 0. The molecule has 1 heterocycles. The van der Waals surface area contributed by atoms with Gasteiger partial charge in [0.2, 0.25) is 5.95 Å². The lowest BCUT2D eigenvalue weighted by Crippen LogP contribution is -2.08. The van der Waals surface area contributed by atoms with E-state index >= 15 is 0 Å². The van der Waals surface area contributed by atoms with Crippen molar-refractivity contribution in [3.63, 3.8) is 0 Å². The minimum Gasteiger partial charge on any atom is -0.357 e. The van der Waals surface area contributed by atoms with Gasteiger partial charge in [-0.15, -0.1) is 0 Å². The molecule has 1 aromatic heterocycles. The lowest BCUT2D eigenvalue weighted by Gasteiger charge is -2.26. The second-order valence-corrected chi connectivity index (χ2v) is 5.22. The van der Waals surface area contributed by atoms with Gasteiger partial charge in [-0.3, -0.25) is 0 Å². The van der Waals surface area contributed by atoms with Crippen LogP contribution in [0.5, 0.6) is 0 Å². The molecule has 1 N–H and O–H groups in total. The Hall–Kier alpha value is -1.90. The third-order valence-electron chi connectivity index (χ3n) is 3.84. The first-order chi connectivity index (χ1) is 9.26. The zero-order valence-electron chi connectivity index (χ0n) is 11.5. The number of hydrogen-bond donors (Lipinski definition) is 1. The maximum absolute atomic E-state index is 4.54. The first-order valence-corrected chi connectivity index (χ1v) is 6.90. The third-order valence-corrected chi connectivity index (χ3v) is 3.84. The molecule has 3 rings (SSSR count). The standard InChI is InChI=1S/C16H19N3/c1-11-9-15(19-16(17-2)18-11)14-8-4-7-13(10-14)12-5-3-6-12/h4,7-10,12H,3,5-6H2,1-2H3,(H,17,18,19). The van der Waals surface area contributed by atoms with E-state index in [1.165, 1.54) is 30.4 Å². The molecule has 0 unspecified atom stereocenters. The molecule has 1 aliphatic rings. The molecular weight excluding hydrogens is 234 g/mol. The Bertz CT molecular complexity index is 588. The SMILES string of the molecule is CNc1nc(C)cc(-c2cccc(C3CCC3)c2)n1. The number of aryl methyl sites for hydroxylation is 1. The Labute approximate surface area is 114 Å². The molecule has 3 heteroatoms. The van der Waals surface area contributed by atoms with Crippen molar-refractivity contribution in [1.29, 1.82) is 0 Å². The molecule has 98 valence electrons. The monoisotopic (exact) mass is 253 g/mol. The van der Waals surface area contributed by atoms with E-state index in [0.29, 0.717) is 5.95 Å². The highest BCUT2D eigenvalue weighted by Gasteiger charge is 2.19. The first-order valence-electron chi connectivity index (χ1n) is 6.90. The third kappa shape index (κ3) is 2.46. The molecule has 0 amide bonds. The topological polar surface area (TPSA) is 37.8 Å². The highest BCUT2D eigenvalue weighted by molar-refractivity contribution is 5.62. The highest BCUT2D eigenvalue weighted by Crippen LogP contribution is 2.37. The van der Waals surface area contributed by atoms with Crippen LogP contribution in [0, 0.1) is 6.92 Å². The second-order valence-electron chi connectivity index (χ2n) is 5.22. The summed E-state index contributed by atoms with van der Waals surface area (Å²) in [6.07, 6.45) is 4.02. The van der Waals surface area contributed by atoms with Gasteiger partial charge in [0.05, 0.1) is 5.69 Å². The van der Waals surface area contributed by atoms with Crippen LogP contribution in [0.25, 0.3) is 11.3 Å². The van der Waals surface area contributed by atoms with Crippen LogP contribution in [0.15, 0.2) is 30.3 Å². The number of hydrogen-bond acceptors (Lipinski definition) is 3. The minimum atomic E-state index is 0.684. The van der Waals surface area contributed by atoms with E-state index in [1.54, 1.807) is 0 Å². The average Bonchev–Trinajstić information content (AvgIpc) is 2.36. The van der Waals surface area contributed by atoms with Crippen LogP contribution < -0.4 is 5.32 Å². The van der Waals surface area contributed by atoms with Crippen molar-refractivity contribution in [3.8, 4) is 11.3 Å². The van der Waals surface area contributed by atoms with Gasteiger partial charge >= 0.3 is 0 Å². The van der Waals surface area contributed by atoms with E-state index < -0.39 is 0 Å². The van der Waals surface area contributed by atoms with Crippen LogP contribution in [0.4, 0.5) is 5.95 Å². The van der Waals surface area contributed by atoms with Crippen molar-refractivity contribution in [3.05, 3.63) is 41.6 Å². The molecule has 3 nitrogen and oxygen atoms in total. The molecular formula is C16H19N3. The number of anilines is 1. The molecule has 0 bridgehead atoms. The molecule has 1 saturated carbocycles. The maximum Gasteiger partial charge on any atom is 0.223 e. The zero-order chi connectivity index (χ0) is 13.2. The molecule has 0 saturated heterocycles. The lowest BCUT2D eigenvalue weighted by molar-refractivity contribution is 0.420. The van der Waals surface area contributed by atoms with Gasteiger partial charge in [-0.25, -0.2) is 9.97 Å². The fraction of sp³-hybridized carbons (Fsp3) is 0.375. The fourth-order valence-corrected chi connectivity index (χ4v) is 2.52. The summed E-state index contributed by atoms with van der Waals surface area (Å²) < 4.78 is 0. The number of nitrogens with one attached hydrogen (secondary N) is 1.